The maximum Gasteiger partial charge on any atom is 0.410 e. The summed E-state index contributed by atoms with van der Waals surface area (Å²) < 4.78 is 15.9. The van der Waals surface area contributed by atoms with E-state index in [2.05, 4.69) is 35.2 Å². The van der Waals surface area contributed by atoms with E-state index in [-0.39, 0.29) is 17.2 Å². The molecule has 2 aromatic heterocycles. The van der Waals surface area contributed by atoms with Gasteiger partial charge in [-0.3, -0.25) is 10.1 Å². The Bertz CT molecular complexity index is 1350. The Morgan fingerprint density at radius 2 is 1.87 bits per heavy atom. The Labute approximate surface area is 229 Å². The van der Waals surface area contributed by atoms with E-state index in [1.807, 2.05) is 13.0 Å². The van der Waals surface area contributed by atoms with Gasteiger partial charge < -0.3 is 18.7 Å². The number of aryl methyl sites for hydroxylation is 2. The topological polar surface area (TPSA) is 119 Å². The highest BCUT2D eigenvalue weighted by Gasteiger charge is 2.25. The number of rotatable bonds is 14. The van der Waals surface area contributed by atoms with Crippen molar-refractivity contribution in [3.05, 3.63) is 75.7 Å². The second kappa shape index (κ2) is 14.4. The fraction of sp³-hybridized carbons (Fsp3) is 0.452. The van der Waals surface area contributed by atoms with Crippen LogP contribution < -0.4 is 10.9 Å². The van der Waals surface area contributed by atoms with Gasteiger partial charge in [-0.05, 0) is 56.2 Å². The van der Waals surface area contributed by atoms with Gasteiger partial charge in [-0.25, -0.2) is 9.59 Å². The molecule has 3 rings (SSSR count). The van der Waals surface area contributed by atoms with Gasteiger partial charge in [-0.15, -0.1) is 0 Å². The minimum absolute atomic E-state index is 0.181. The van der Waals surface area contributed by atoms with Crippen molar-refractivity contribution in [2.45, 2.75) is 78.1 Å². The number of carbonyl (C=O) groups is 2. The monoisotopic (exact) mass is 537 g/mol. The molecule has 2 heterocycles. The minimum atomic E-state index is -0.826. The maximum absolute atomic E-state index is 13.0. The van der Waals surface area contributed by atoms with Crippen molar-refractivity contribution in [2.75, 3.05) is 7.11 Å². The van der Waals surface area contributed by atoms with Crippen LogP contribution in [0.4, 0.5) is 4.79 Å². The number of nitrogens with one attached hydrogen (secondary N) is 1. The molecule has 210 valence electrons. The summed E-state index contributed by atoms with van der Waals surface area (Å²) in [6.07, 6.45) is 9.13. The molecule has 0 fully saturated rings. The van der Waals surface area contributed by atoms with Gasteiger partial charge in [-0.2, -0.15) is 0 Å². The van der Waals surface area contributed by atoms with E-state index < -0.39 is 23.4 Å². The SMILES string of the molecule is CCCCc1ccc2cc(CCCC(C)C(=O)c3c(O)cc(C(C)CC/C=C/NC(=O)OC)oc3=O)oc2c1. The quantitative estimate of drug-likeness (QED) is 0.212. The van der Waals surface area contributed by atoms with E-state index in [9.17, 15) is 19.5 Å². The second-order valence-corrected chi connectivity index (χ2v) is 10.1. The first-order valence-electron chi connectivity index (χ1n) is 13.7. The van der Waals surface area contributed by atoms with Gasteiger partial charge in [0.2, 0.25) is 0 Å². The van der Waals surface area contributed by atoms with E-state index in [1.54, 1.807) is 13.0 Å². The summed E-state index contributed by atoms with van der Waals surface area (Å²) >= 11 is 0. The number of carbonyl (C=O) groups excluding carboxylic acids is 2. The fourth-order valence-corrected chi connectivity index (χ4v) is 4.48. The number of ketones is 1. The number of Topliss-reactive ketones (excluding diaryl/α,β-unsaturated/α-hetero) is 1. The van der Waals surface area contributed by atoms with Crippen molar-refractivity contribution in [1.82, 2.24) is 5.32 Å². The number of aromatic hydroxyl groups is 1. The molecule has 0 saturated carbocycles. The smallest absolute Gasteiger partial charge is 0.410 e. The van der Waals surface area contributed by atoms with Crippen LogP contribution in [0.2, 0.25) is 0 Å². The van der Waals surface area contributed by atoms with Crippen LogP contribution in [0.5, 0.6) is 5.75 Å². The molecule has 0 saturated heterocycles. The molecule has 8 nitrogen and oxygen atoms in total. The number of hydrogen-bond donors (Lipinski definition) is 2. The fourth-order valence-electron chi connectivity index (χ4n) is 4.48. The number of ether oxygens (including phenoxy) is 1. The maximum atomic E-state index is 13.0. The summed E-state index contributed by atoms with van der Waals surface area (Å²) in [5.41, 5.74) is 1.03. The number of alkyl carbamates (subject to hydrolysis) is 1. The van der Waals surface area contributed by atoms with Crippen LogP contribution in [0.25, 0.3) is 11.0 Å². The summed E-state index contributed by atoms with van der Waals surface area (Å²) in [7, 11) is 1.28. The number of methoxy groups -OCH3 is 1. The molecule has 1 aromatic carbocycles. The Morgan fingerprint density at radius 1 is 1.08 bits per heavy atom. The summed E-state index contributed by atoms with van der Waals surface area (Å²) in [6.45, 7) is 5.79. The highest BCUT2D eigenvalue weighted by molar-refractivity contribution is 5.99. The highest BCUT2D eigenvalue weighted by Crippen LogP contribution is 2.27. The number of hydrogen-bond acceptors (Lipinski definition) is 7. The number of amides is 1. The lowest BCUT2D eigenvalue weighted by Gasteiger charge is -2.13. The highest BCUT2D eigenvalue weighted by atomic mass is 16.5. The average Bonchev–Trinajstić information content (AvgIpc) is 3.32. The first-order valence-corrected chi connectivity index (χ1v) is 13.7. The largest absolute Gasteiger partial charge is 0.507 e. The van der Waals surface area contributed by atoms with Crippen molar-refractivity contribution >= 4 is 22.8 Å². The first-order chi connectivity index (χ1) is 18.7. The van der Waals surface area contributed by atoms with Gasteiger partial charge in [0.15, 0.2) is 5.78 Å². The third-order valence-corrected chi connectivity index (χ3v) is 6.92. The van der Waals surface area contributed by atoms with Gasteiger partial charge >= 0.3 is 11.7 Å². The van der Waals surface area contributed by atoms with Crippen LogP contribution in [0.3, 0.4) is 0 Å². The molecule has 0 bridgehead atoms. The van der Waals surface area contributed by atoms with E-state index >= 15 is 0 Å². The van der Waals surface area contributed by atoms with Crippen LogP contribution in [0, 0.1) is 5.92 Å². The molecule has 0 spiro atoms. The lowest BCUT2D eigenvalue weighted by Crippen LogP contribution is -2.21. The normalized spacial score (nSPS) is 13.0. The van der Waals surface area contributed by atoms with Gasteiger partial charge in [0.1, 0.15) is 28.4 Å². The predicted molar refractivity (Wildman–Crippen MR) is 150 cm³/mol. The van der Waals surface area contributed by atoms with Crippen LogP contribution in [0.1, 0.15) is 92.7 Å². The summed E-state index contributed by atoms with van der Waals surface area (Å²) in [4.78, 5) is 36.7. The molecule has 0 aliphatic carbocycles. The van der Waals surface area contributed by atoms with E-state index in [4.69, 9.17) is 8.83 Å². The zero-order valence-electron chi connectivity index (χ0n) is 23.2. The molecule has 0 aliphatic heterocycles. The lowest BCUT2D eigenvalue weighted by atomic mass is 9.93. The Kier molecular flexibility index (Phi) is 11.0. The standard InChI is InChI=1S/C31H39NO7/c1-5-6-12-22-14-15-23-18-24(38-27(23)17-22)13-9-11-21(3)29(34)28-25(33)19-26(39-30(28)35)20(2)10-7-8-16-32-31(36)37-4/h8,14-21,33H,5-7,9-13H2,1-4H3,(H,32,36)/b16-8+. The number of benzene rings is 1. The predicted octanol–water partition coefficient (Wildman–Crippen LogP) is 7.03. The van der Waals surface area contributed by atoms with Crippen LogP contribution in [0.15, 0.2) is 56.2 Å². The number of unbranched alkanes of at least 4 members (excludes halogenated alkanes) is 1. The molecule has 2 unspecified atom stereocenters. The second-order valence-electron chi connectivity index (χ2n) is 10.1. The molecule has 39 heavy (non-hydrogen) atoms. The molecular weight excluding hydrogens is 498 g/mol. The van der Waals surface area contributed by atoms with E-state index in [0.717, 1.165) is 36.0 Å². The molecule has 0 aliphatic rings. The van der Waals surface area contributed by atoms with Crippen LogP contribution in [-0.2, 0) is 17.6 Å². The zero-order chi connectivity index (χ0) is 28.4. The van der Waals surface area contributed by atoms with Crippen molar-refractivity contribution in [3.8, 4) is 5.75 Å². The number of furan rings is 1. The van der Waals surface area contributed by atoms with Crippen LogP contribution >= 0.6 is 0 Å². The summed E-state index contributed by atoms with van der Waals surface area (Å²) in [5, 5.41) is 14.0. The van der Waals surface area contributed by atoms with Crippen molar-refractivity contribution in [3.63, 3.8) is 0 Å². The van der Waals surface area contributed by atoms with Crippen molar-refractivity contribution in [1.29, 1.82) is 0 Å². The Morgan fingerprint density at radius 3 is 2.59 bits per heavy atom. The lowest BCUT2D eigenvalue weighted by molar-refractivity contribution is 0.0914. The summed E-state index contributed by atoms with van der Waals surface area (Å²) in [6, 6.07) is 9.73. The molecule has 0 radical (unpaired) electrons. The third-order valence-electron chi connectivity index (χ3n) is 6.92. The van der Waals surface area contributed by atoms with Gasteiger partial charge in [0.25, 0.3) is 0 Å². The minimum Gasteiger partial charge on any atom is -0.507 e. The first kappa shape index (κ1) is 29.7. The molecule has 2 atom stereocenters. The number of allylic oxidation sites excluding steroid dienone is 1. The Hall–Kier alpha value is -3.81. The molecule has 1 amide bonds. The van der Waals surface area contributed by atoms with Crippen LogP contribution in [-0.4, -0.2) is 24.1 Å². The Balaban J connectivity index is 1.54. The van der Waals surface area contributed by atoms with Crippen molar-refractivity contribution < 1.29 is 28.3 Å². The summed E-state index contributed by atoms with van der Waals surface area (Å²) in [5.74, 6) is -0.252. The average molecular weight is 538 g/mol. The van der Waals surface area contributed by atoms with E-state index in [0.29, 0.717) is 37.9 Å². The molecular formula is C31H39NO7. The van der Waals surface area contributed by atoms with Crippen molar-refractivity contribution in [2.24, 2.45) is 5.92 Å². The van der Waals surface area contributed by atoms with Gasteiger partial charge in [0.05, 0.1) is 7.11 Å². The van der Waals surface area contributed by atoms with Gasteiger partial charge in [0, 0.05) is 35.9 Å². The zero-order valence-corrected chi connectivity index (χ0v) is 23.2. The molecule has 3 aromatic rings. The van der Waals surface area contributed by atoms with Gasteiger partial charge in [-0.1, -0.05) is 45.4 Å². The molecule has 8 heteroatoms. The number of fused-ring (bicyclic) bond motifs is 1. The van der Waals surface area contributed by atoms with E-state index in [1.165, 1.54) is 24.9 Å². The molecule has 2 N–H and O–H groups in total. The third kappa shape index (κ3) is 8.34.